The van der Waals surface area contributed by atoms with Crippen LogP contribution in [0, 0.1) is 18.8 Å². The second-order valence-corrected chi connectivity index (χ2v) is 16.5. The highest BCUT2D eigenvalue weighted by Gasteiger charge is 2.45. The fraction of sp³-hybridized carbons (Fsp3) is 0.372. The number of thiazole rings is 1. The van der Waals surface area contributed by atoms with Crippen LogP contribution in [0.5, 0.6) is 5.75 Å². The number of fused-ring (bicyclic) bond motifs is 2. The number of aromatic nitrogens is 1. The Balaban J connectivity index is 0.791. The molecule has 294 valence electrons. The molecule has 1 saturated heterocycles. The number of anilines is 3. The molecule has 2 unspecified atom stereocenters. The zero-order chi connectivity index (χ0) is 39.8. The van der Waals surface area contributed by atoms with Crippen LogP contribution in [0.3, 0.4) is 0 Å². The Morgan fingerprint density at radius 2 is 1.81 bits per heavy atom. The maximum absolute atomic E-state index is 13.4. The Bertz CT molecular complexity index is 2300. The van der Waals surface area contributed by atoms with Crippen LogP contribution in [0.4, 0.5) is 16.5 Å². The highest BCUT2D eigenvalue weighted by molar-refractivity contribution is 7.16. The van der Waals surface area contributed by atoms with E-state index in [9.17, 15) is 28.8 Å². The first kappa shape index (κ1) is 38.0. The molecule has 3 aromatic carbocycles. The van der Waals surface area contributed by atoms with E-state index in [2.05, 4.69) is 28.9 Å². The molecule has 4 heterocycles. The average molecular weight is 789 g/mol. The van der Waals surface area contributed by atoms with Crippen LogP contribution < -0.4 is 25.6 Å². The van der Waals surface area contributed by atoms with Crippen molar-refractivity contribution in [1.82, 2.24) is 15.2 Å². The number of rotatable bonds is 14. The smallest absolute Gasteiger partial charge is 0.264 e. The van der Waals surface area contributed by atoms with Crippen LogP contribution >= 0.6 is 11.3 Å². The van der Waals surface area contributed by atoms with Gasteiger partial charge in [-0.25, -0.2) is 4.98 Å². The molecule has 0 spiro atoms. The third kappa shape index (κ3) is 8.04. The van der Waals surface area contributed by atoms with Gasteiger partial charge in [-0.3, -0.25) is 39.0 Å². The normalized spacial score (nSPS) is 18.0. The number of piperidine rings is 1. The maximum atomic E-state index is 13.4. The molecule has 1 aliphatic carbocycles. The van der Waals surface area contributed by atoms with E-state index in [1.807, 2.05) is 48.2 Å². The van der Waals surface area contributed by atoms with Crippen molar-refractivity contribution in [3.8, 4) is 17.0 Å². The number of ether oxygens (including phenoxy) is 1. The van der Waals surface area contributed by atoms with E-state index in [0.717, 1.165) is 76.5 Å². The van der Waals surface area contributed by atoms with E-state index in [1.165, 1.54) is 11.3 Å². The van der Waals surface area contributed by atoms with E-state index in [0.29, 0.717) is 29.7 Å². The molecule has 1 saturated carbocycles. The maximum Gasteiger partial charge on any atom is 0.264 e. The predicted octanol–water partition coefficient (Wildman–Crippen LogP) is 5.91. The number of carbonyl (C=O) groups is 6. The van der Waals surface area contributed by atoms with Crippen molar-refractivity contribution in [2.24, 2.45) is 11.8 Å². The molecule has 1 aromatic heterocycles. The van der Waals surface area contributed by atoms with E-state index in [1.54, 1.807) is 18.2 Å². The Labute approximate surface area is 334 Å². The van der Waals surface area contributed by atoms with Crippen LogP contribution in [0.15, 0.2) is 60.7 Å². The summed E-state index contributed by atoms with van der Waals surface area (Å²) >= 11 is 1.44. The summed E-state index contributed by atoms with van der Waals surface area (Å²) in [6, 6.07) is 17.7. The van der Waals surface area contributed by atoms with Gasteiger partial charge in [0.05, 0.1) is 29.8 Å². The number of carbonyl (C=O) groups excluding carboxylic acids is 6. The molecule has 14 heteroatoms. The summed E-state index contributed by atoms with van der Waals surface area (Å²) in [5.74, 6) is -0.915. The minimum Gasteiger partial charge on any atom is -0.494 e. The minimum absolute atomic E-state index is 0.0669. The summed E-state index contributed by atoms with van der Waals surface area (Å²) in [7, 11) is 0. The average Bonchev–Trinajstić information content (AvgIpc) is 3.78. The molecular weight excluding hydrogens is 745 g/mol. The fourth-order valence-corrected chi connectivity index (χ4v) is 8.63. The molecule has 13 nitrogen and oxygen atoms in total. The van der Waals surface area contributed by atoms with E-state index in [-0.39, 0.29) is 54.0 Å². The third-order valence-electron chi connectivity index (χ3n) is 11.0. The van der Waals surface area contributed by atoms with Gasteiger partial charge in [0.25, 0.3) is 11.8 Å². The fourth-order valence-electron chi connectivity index (χ4n) is 7.78. The summed E-state index contributed by atoms with van der Waals surface area (Å²) < 4.78 is 6.06. The molecule has 57 heavy (non-hydrogen) atoms. The van der Waals surface area contributed by atoms with Crippen molar-refractivity contribution < 1.29 is 33.5 Å². The second kappa shape index (κ2) is 15.9. The lowest BCUT2D eigenvalue weighted by atomic mass is 10.0. The first-order valence-electron chi connectivity index (χ1n) is 19.6. The van der Waals surface area contributed by atoms with Crippen molar-refractivity contribution in [2.75, 3.05) is 35.2 Å². The van der Waals surface area contributed by atoms with Gasteiger partial charge < -0.3 is 20.3 Å². The topological polar surface area (TPSA) is 167 Å². The van der Waals surface area contributed by atoms with E-state index in [4.69, 9.17) is 9.72 Å². The number of amides is 6. The molecule has 3 N–H and O–H groups in total. The zero-order valence-electron chi connectivity index (χ0n) is 31.9. The first-order chi connectivity index (χ1) is 27.5. The predicted molar refractivity (Wildman–Crippen MR) is 215 cm³/mol. The molecule has 8 rings (SSSR count). The van der Waals surface area contributed by atoms with E-state index < -0.39 is 29.7 Å². The standard InChI is InChI=1S/C43H44N6O7S/c1-24(15-18-44-32-8-4-7-31-37(32)42(55)49(41(31)54)34-13-14-35(50)45-39(34)52)17-20-56-30-6-3-5-26(21-30)22-36(51)46-43-47-38(25(2)57-43)29-11-12-33-28(23-29)16-19-48(33)40(53)27-9-10-27/h3-8,11-12,21,23-24,27,34,44H,9-10,13-20,22H2,1-2H3,(H,45,50,52)(H,46,47,51). The van der Waals surface area contributed by atoms with Crippen LogP contribution in [0.2, 0.25) is 0 Å². The lowest BCUT2D eigenvalue weighted by molar-refractivity contribution is -0.136. The summed E-state index contributed by atoms with van der Waals surface area (Å²) in [6.07, 6.45) is 4.69. The summed E-state index contributed by atoms with van der Waals surface area (Å²) in [5, 5.41) is 9.03. The van der Waals surface area contributed by atoms with Crippen molar-refractivity contribution in [3.05, 3.63) is 87.8 Å². The van der Waals surface area contributed by atoms with Crippen molar-refractivity contribution in [2.45, 2.75) is 71.3 Å². The summed E-state index contributed by atoms with van der Waals surface area (Å²) in [4.78, 5) is 85.0. The lowest BCUT2D eigenvalue weighted by Crippen LogP contribution is -2.54. The van der Waals surface area contributed by atoms with Crippen LogP contribution in [-0.4, -0.2) is 71.1 Å². The molecule has 2 atom stereocenters. The highest BCUT2D eigenvalue weighted by atomic mass is 32.1. The van der Waals surface area contributed by atoms with Crippen LogP contribution in [0.25, 0.3) is 11.3 Å². The van der Waals surface area contributed by atoms with Gasteiger partial charge in [-0.2, -0.15) is 0 Å². The number of nitrogens with zero attached hydrogens (tertiary/aromatic N) is 3. The number of imide groups is 2. The van der Waals surface area contributed by atoms with Gasteiger partial charge in [0, 0.05) is 47.2 Å². The first-order valence-corrected chi connectivity index (χ1v) is 20.4. The van der Waals surface area contributed by atoms with Gasteiger partial charge in [0.2, 0.25) is 23.6 Å². The number of aryl methyl sites for hydroxylation is 1. The molecular formula is C43H44N6O7S. The SMILES string of the molecule is Cc1sc(NC(=O)Cc2cccc(OCCC(C)CCNc3cccc4c3C(=O)N(C3CCC(=O)NC3=O)C4=O)c2)nc1-c1ccc2c(c1)CCN2C(=O)C1CC1. The zero-order valence-corrected chi connectivity index (χ0v) is 32.7. The van der Waals surface area contributed by atoms with Gasteiger partial charge in [-0.05, 0) is 98.9 Å². The van der Waals surface area contributed by atoms with Gasteiger partial charge in [0.1, 0.15) is 11.8 Å². The molecule has 6 amide bonds. The number of hydrogen-bond donors (Lipinski definition) is 3. The number of hydrogen-bond acceptors (Lipinski definition) is 10. The van der Waals surface area contributed by atoms with Crippen LogP contribution in [-0.2, 0) is 32.0 Å². The quantitative estimate of drug-likeness (QED) is 0.132. The van der Waals surface area contributed by atoms with Gasteiger partial charge in [0.15, 0.2) is 5.13 Å². The Morgan fingerprint density at radius 1 is 0.982 bits per heavy atom. The Hall–Kier alpha value is -5.89. The van der Waals surface area contributed by atoms with Crippen molar-refractivity contribution in [1.29, 1.82) is 0 Å². The number of nitrogens with one attached hydrogen (secondary N) is 3. The van der Waals surface area contributed by atoms with E-state index >= 15 is 0 Å². The summed E-state index contributed by atoms with van der Waals surface area (Å²) in [6.45, 7) is 5.86. The summed E-state index contributed by atoms with van der Waals surface area (Å²) in [5.41, 5.74) is 5.80. The highest BCUT2D eigenvalue weighted by Crippen LogP contribution is 2.39. The molecule has 0 bridgehead atoms. The molecule has 2 fully saturated rings. The molecule has 3 aliphatic heterocycles. The number of benzene rings is 3. The van der Waals surface area contributed by atoms with Gasteiger partial charge in [-0.1, -0.05) is 31.2 Å². The monoisotopic (exact) mass is 788 g/mol. The van der Waals surface area contributed by atoms with Crippen molar-refractivity contribution >= 4 is 63.3 Å². The second-order valence-electron chi connectivity index (χ2n) is 15.3. The lowest BCUT2D eigenvalue weighted by Gasteiger charge is -2.27. The van der Waals surface area contributed by atoms with Gasteiger partial charge in [-0.15, -0.1) is 11.3 Å². The molecule has 4 aromatic rings. The molecule has 0 radical (unpaired) electrons. The van der Waals surface area contributed by atoms with Crippen molar-refractivity contribution in [3.63, 3.8) is 0 Å². The van der Waals surface area contributed by atoms with Gasteiger partial charge >= 0.3 is 0 Å². The third-order valence-corrected chi connectivity index (χ3v) is 11.9. The minimum atomic E-state index is -1.01. The Morgan fingerprint density at radius 3 is 2.61 bits per heavy atom. The van der Waals surface area contributed by atoms with Crippen LogP contribution in [0.1, 0.15) is 82.2 Å². The largest absolute Gasteiger partial charge is 0.494 e. The molecule has 4 aliphatic rings. The Kier molecular flexibility index (Phi) is 10.6.